The molecule has 0 spiro atoms. The van der Waals surface area contributed by atoms with Crippen molar-refractivity contribution in [2.24, 2.45) is 0 Å². The molecule has 5 aromatic rings. The first-order chi connectivity index (χ1) is 17.5. The molecule has 4 heterocycles. The van der Waals surface area contributed by atoms with Gasteiger partial charge in [0.25, 0.3) is 0 Å². The number of carbonyl (C=O) groups excluding carboxylic acids is 1. The normalized spacial score (nSPS) is 11.1. The van der Waals surface area contributed by atoms with Crippen LogP contribution in [0.1, 0.15) is 11.4 Å². The van der Waals surface area contributed by atoms with Gasteiger partial charge in [-0.3, -0.25) is 14.3 Å². The number of halogens is 1. The second kappa shape index (κ2) is 9.55. The molecule has 0 saturated carbocycles. The molecule has 0 bridgehead atoms. The van der Waals surface area contributed by atoms with E-state index in [0.717, 1.165) is 28.2 Å². The van der Waals surface area contributed by atoms with E-state index in [4.69, 9.17) is 4.74 Å². The lowest BCUT2D eigenvalue weighted by Gasteiger charge is -2.12. The number of amides is 1. The van der Waals surface area contributed by atoms with Gasteiger partial charge >= 0.3 is 6.09 Å². The lowest BCUT2D eigenvalue weighted by molar-refractivity contribution is 0.176. The summed E-state index contributed by atoms with van der Waals surface area (Å²) in [4.78, 5) is 20.2. The van der Waals surface area contributed by atoms with Gasteiger partial charge in [-0.2, -0.15) is 0 Å². The van der Waals surface area contributed by atoms with Gasteiger partial charge in [-0.15, -0.1) is 10.2 Å². The van der Waals surface area contributed by atoms with Crippen LogP contribution < -0.4 is 5.32 Å². The Kier molecular flexibility index (Phi) is 6.13. The van der Waals surface area contributed by atoms with Gasteiger partial charge in [-0.05, 0) is 55.0 Å². The molecule has 36 heavy (non-hydrogen) atoms. The molecule has 11 heteroatoms. The summed E-state index contributed by atoms with van der Waals surface area (Å²) in [6.07, 6.45) is 4.70. The van der Waals surface area contributed by atoms with Crippen molar-refractivity contribution in [3.05, 3.63) is 78.3 Å². The summed E-state index contributed by atoms with van der Waals surface area (Å²) in [6.45, 7) is 1.95. The molecule has 0 unspecified atom stereocenters. The number of hydrogen-bond acceptors (Lipinski definition) is 7. The highest BCUT2D eigenvalue weighted by Crippen LogP contribution is 2.28. The predicted molar refractivity (Wildman–Crippen MR) is 130 cm³/mol. The maximum absolute atomic E-state index is 14.0. The fourth-order valence-electron chi connectivity index (χ4n) is 3.87. The minimum absolute atomic E-state index is 0.236. The quantitative estimate of drug-likeness (QED) is 0.378. The zero-order valence-electron chi connectivity index (χ0n) is 19.8. The van der Waals surface area contributed by atoms with Crippen molar-refractivity contribution in [1.29, 1.82) is 0 Å². The van der Waals surface area contributed by atoms with Crippen LogP contribution in [0.2, 0.25) is 0 Å². The van der Waals surface area contributed by atoms with Crippen molar-refractivity contribution in [2.75, 3.05) is 19.5 Å². The summed E-state index contributed by atoms with van der Waals surface area (Å²) in [5.74, 6) is 1.24. The van der Waals surface area contributed by atoms with Crippen molar-refractivity contribution in [3.63, 3.8) is 0 Å². The summed E-state index contributed by atoms with van der Waals surface area (Å²) >= 11 is 0. The van der Waals surface area contributed by atoms with E-state index in [9.17, 15) is 9.18 Å². The van der Waals surface area contributed by atoms with E-state index < -0.39 is 6.09 Å². The highest BCUT2D eigenvalue weighted by molar-refractivity contribution is 5.83. The average molecular weight is 487 g/mol. The van der Waals surface area contributed by atoms with Crippen LogP contribution in [0.15, 0.2) is 61.1 Å². The van der Waals surface area contributed by atoms with Gasteiger partial charge in [0.2, 0.25) is 0 Å². The molecule has 0 aliphatic heterocycles. The summed E-state index contributed by atoms with van der Waals surface area (Å²) in [5.41, 5.74) is 4.34. The van der Waals surface area contributed by atoms with Crippen LogP contribution >= 0.6 is 0 Å². The Hall–Kier alpha value is -4.64. The number of benzene rings is 1. The van der Waals surface area contributed by atoms with E-state index in [2.05, 4.69) is 30.2 Å². The highest BCUT2D eigenvalue weighted by atomic mass is 19.1. The molecule has 0 aliphatic carbocycles. The number of rotatable bonds is 6. The summed E-state index contributed by atoms with van der Waals surface area (Å²) in [7, 11) is 2.87. The number of aromatic nitrogens is 6. The van der Waals surface area contributed by atoms with Crippen molar-refractivity contribution < 1.29 is 18.7 Å². The molecule has 0 fully saturated rings. The number of pyridine rings is 2. The molecule has 5 rings (SSSR count). The Morgan fingerprint density at radius 3 is 2.58 bits per heavy atom. The van der Waals surface area contributed by atoms with Crippen LogP contribution in [0.25, 0.3) is 34.0 Å². The number of anilines is 1. The van der Waals surface area contributed by atoms with Gasteiger partial charge in [-0.25, -0.2) is 19.2 Å². The zero-order chi connectivity index (χ0) is 25.2. The van der Waals surface area contributed by atoms with Crippen molar-refractivity contribution in [1.82, 2.24) is 29.1 Å². The molecule has 182 valence electrons. The third kappa shape index (κ3) is 4.27. The molecule has 0 aliphatic rings. The number of fused-ring (bicyclic) bond motifs is 1. The second-order valence-corrected chi connectivity index (χ2v) is 7.98. The predicted octanol–water partition coefficient (Wildman–Crippen LogP) is 4.42. The fraction of sp³-hybridized carbons (Fsp3) is 0.160. The molecule has 1 N–H and O–H groups in total. The molecular weight excluding hydrogens is 465 g/mol. The first-order valence-electron chi connectivity index (χ1n) is 11.0. The summed E-state index contributed by atoms with van der Waals surface area (Å²) < 4.78 is 27.6. The molecule has 0 atom stereocenters. The van der Waals surface area contributed by atoms with Crippen LogP contribution in [0.3, 0.4) is 0 Å². The topological polar surface area (TPSA) is 108 Å². The number of nitrogens with one attached hydrogen (secondary N) is 1. The largest absolute Gasteiger partial charge is 0.453 e. The van der Waals surface area contributed by atoms with E-state index in [-0.39, 0.29) is 12.4 Å². The first-order valence-corrected chi connectivity index (χ1v) is 11.0. The number of ether oxygens (including phenoxy) is 2. The zero-order valence-corrected chi connectivity index (χ0v) is 19.8. The number of carbonyl (C=O) groups is 1. The Bertz CT molecular complexity index is 1560. The number of hydrogen-bond donors (Lipinski definition) is 1. The van der Waals surface area contributed by atoms with Gasteiger partial charge < -0.3 is 9.47 Å². The lowest BCUT2D eigenvalue weighted by Crippen LogP contribution is -2.11. The lowest BCUT2D eigenvalue weighted by atomic mass is 10.2. The summed E-state index contributed by atoms with van der Waals surface area (Å²) in [6, 6.07) is 12.2. The second-order valence-electron chi connectivity index (χ2n) is 7.98. The average Bonchev–Trinajstić information content (AvgIpc) is 3.50. The maximum Gasteiger partial charge on any atom is 0.412 e. The Balaban J connectivity index is 1.58. The van der Waals surface area contributed by atoms with Crippen LogP contribution in [-0.4, -0.2) is 49.4 Å². The maximum atomic E-state index is 14.0. The molecular formula is C25H22FN7O3. The van der Waals surface area contributed by atoms with Crippen LogP contribution in [0.5, 0.6) is 0 Å². The molecule has 0 saturated heterocycles. The Morgan fingerprint density at radius 1 is 1.03 bits per heavy atom. The first kappa shape index (κ1) is 23.1. The standard InChI is InChI=1S/C25H22FN7O3/c1-15-10-18(6-7-19(15)26)33-23(14-35-2)30-31-24(33)17-5-9-22-28-12-20(32(22)13-17)16-4-8-21(27-11-16)29-25(34)36-3/h4-13H,14H2,1-3H3,(H,27,29,34). The monoisotopic (exact) mass is 487 g/mol. The van der Waals surface area contributed by atoms with Gasteiger partial charge in [-0.1, -0.05) is 0 Å². The van der Waals surface area contributed by atoms with E-state index in [1.165, 1.54) is 13.2 Å². The molecule has 10 nitrogen and oxygen atoms in total. The van der Waals surface area contributed by atoms with E-state index in [1.807, 2.05) is 33.4 Å². The summed E-state index contributed by atoms with van der Waals surface area (Å²) in [5, 5.41) is 11.3. The minimum Gasteiger partial charge on any atom is -0.453 e. The molecule has 0 radical (unpaired) electrons. The van der Waals surface area contributed by atoms with Gasteiger partial charge in [0.1, 0.15) is 23.9 Å². The van der Waals surface area contributed by atoms with Gasteiger partial charge in [0.15, 0.2) is 11.6 Å². The molecule has 4 aromatic heterocycles. The third-order valence-electron chi connectivity index (χ3n) is 5.64. The third-order valence-corrected chi connectivity index (χ3v) is 5.64. The van der Waals surface area contributed by atoms with Crippen molar-refractivity contribution >= 4 is 17.6 Å². The fourth-order valence-corrected chi connectivity index (χ4v) is 3.87. The van der Waals surface area contributed by atoms with E-state index in [0.29, 0.717) is 23.0 Å². The highest BCUT2D eigenvalue weighted by Gasteiger charge is 2.18. The van der Waals surface area contributed by atoms with E-state index >= 15 is 0 Å². The van der Waals surface area contributed by atoms with Gasteiger partial charge in [0.05, 0.1) is 19.0 Å². The Morgan fingerprint density at radius 2 is 1.86 bits per heavy atom. The number of nitrogens with zero attached hydrogens (tertiary/aromatic N) is 6. The smallest absolute Gasteiger partial charge is 0.412 e. The van der Waals surface area contributed by atoms with E-state index in [1.54, 1.807) is 44.6 Å². The minimum atomic E-state index is -0.594. The van der Waals surface area contributed by atoms with Crippen molar-refractivity contribution in [3.8, 4) is 28.3 Å². The number of aryl methyl sites for hydroxylation is 1. The van der Waals surface area contributed by atoms with Crippen LogP contribution in [0.4, 0.5) is 15.0 Å². The Labute approximate surface area is 205 Å². The van der Waals surface area contributed by atoms with Crippen LogP contribution in [-0.2, 0) is 16.1 Å². The number of methoxy groups -OCH3 is 2. The molecule has 1 amide bonds. The van der Waals surface area contributed by atoms with Crippen molar-refractivity contribution in [2.45, 2.75) is 13.5 Å². The SMILES string of the molecule is COCc1nnc(-c2ccc3ncc(-c4ccc(NC(=O)OC)nc4)n3c2)n1-c1ccc(F)c(C)c1. The van der Waals surface area contributed by atoms with Gasteiger partial charge in [0, 0.05) is 36.3 Å². The van der Waals surface area contributed by atoms with Crippen LogP contribution in [0, 0.1) is 12.7 Å². The molecule has 1 aromatic carbocycles. The number of imidazole rings is 1.